The fourth-order valence-electron chi connectivity index (χ4n) is 2.92. The molecule has 0 N–H and O–H groups in total. The Hall–Kier alpha value is -0.880. The van der Waals surface area contributed by atoms with Crippen molar-refractivity contribution in [2.24, 2.45) is 0 Å². The van der Waals surface area contributed by atoms with E-state index in [4.69, 9.17) is 0 Å². The Balaban J connectivity index is 3.33. The van der Waals surface area contributed by atoms with Gasteiger partial charge < -0.3 is 4.57 Å². The van der Waals surface area contributed by atoms with Crippen molar-refractivity contribution in [3.05, 3.63) is 34.4 Å². The summed E-state index contributed by atoms with van der Waals surface area (Å²) in [5.41, 5.74) is 3.63. The Morgan fingerprint density at radius 2 is 1.67 bits per heavy atom. The summed E-state index contributed by atoms with van der Waals surface area (Å²) in [4.78, 5) is 13.1. The van der Waals surface area contributed by atoms with Gasteiger partial charge in [0.1, 0.15) is 0 Å². The number of unbranched alkanes of at least 4 members (excludes halogenated alkanes) is 1. The molecule has 0 bridgehead atoms. The molecule has 0 radical (unpaired) electrons. The minimum absolute atomic E-state index is 0.0309. The molecular formula is C18H29O2P. The Kier molecular flexibility index (Phi) is 6.41. The van der Waals surface area contributed by atoms with Crippen molar-refractivity contribution in [1.82, 2.24) is 0 Å². The summed E-state index contributed by atoms with van der Waals surface area (Å²) in [5, 5.41) is 0. The van der Waals surface area contributed by atoms with Crippen LogP contribution >= 0.6 is 7.14 Å². The monoisotopic (exact) mass is 308 g/mol. The van der Waals surface area contributed by atoms with Gasteiger partial charge in [-0.15, -0.1) is 0 Å². The van der Waals surface area contributed by atoms with Crippen LogP contribution in [-0.4, -0.2) is 17.3 Å². The Morgan fingerprint density at radius 3 is 2.10 bits per heavy atom. The van der Waals surface area contributed by atoms with Crippen molar-refractivity contribution >= 4 is 12.7 Å². The molecule has 21 heavy (non-hydrogen) atoms. The zero-order chi connectivity index (χ0) is 16.2. The number of carbonyl (C=O) groups excluding carboxylic acids is 1. The van der Waals surface area contributed by atoms with Crippen molar-refractivity contribution < 1.29 is 9.36 Å². The van der Waals surface area contributed by atoms with E-state index in [1.54, 1.807) is 0 Å². The molecule has 0 fully saturated rings. The number of hydrogen-bond donors (Lipinski definition) is 0. The predicted molar refractivity (Wildman–Crippen MR) is 92.1 cm³/mol. The molecule has 2 nitrogen and oxygen atoms in total. The van der Waals surface area contributed by atoms with Crippen molar-refractivity contribution in [3.8, 4) is 0 Å². The quantitative estimate of drug-likeness (QED) is 0.604. The van der Waals surface area contributed by atoms with Gasteiger partial charge in [-0.2, -0.15) is 0 Å². The van der Waals surface area contributed by atoms with Gasteiger partial charge >= 0.3 is 0 Å². The lowest BCUT2D eigenvalue weighted by Crippen LogP contribution is -2.16. The topological polar surface area (TPSA) is 34.1 Å². The molecule has 1 rings (SSSR count). The van der Waals surface area contributed by atoms with Crippen LogP contribution in [0, 0.1) is 20.8 Å². The molecule has 1 aromatic carbocycles. The molecule has 118 valence electrons. The number of hydrogen-bond acceptors (Lipinski definition) is 2. The molecule has 0 aliphatic rings. The maximum absolute atomic E-state index is 13.4. The van der Waals surface area contributed by atoms with E-state index < -0.39 is 7.14 Å². The number of aryl methyl sites for hydroxylation is 3. The highest BCUT2D eigenvalue weighted by molar-refractivity contribution is 7.81. The van der Waals surface area contributed by atoms with Crippen LogP contribution in [0.5, 0.6) is 0 Å². The molecule has 0 saturated carbocycles. The van der Waals surface area contributed by atoms with Gasteiger partial charge in [-0.05, 0) is 44.7 Å². The van der Waals surface area contributed by atoms with Gasteiger partial charge in [-0.3, -0.25) is 4.79 Å². The largest absolute Gasteiger partial charge is 0.315 e. The summed E-state index contributed by atoms with van der Waals surface area (Å²) in [6, 6.07) is 4.03. The molecule has 3 heteroatoms. The molecule has 0 spiro atoms. The Morgan fingerprint density at radius 1 is 1.14 bits per heavy atom. The first-order valence-electron chi connectivity index (χ1n) is 7.99. The second kappa shape index (κ2) is 7.40. The van der Waals surface area contributed by atoms with Crippen LogP contribution in [-0.2, 0) is 4.57 Å². The van der Waals surface area contributed by atoms with Gasteiger partial charge in [0.05, 0.1) is 0 Å². The lowest BCUT2D eigenvalue weighted by Gasteiger charge is -2.24. The maximum atomic E-state index is 13.4. The van der Waals surface area contributed by atoms with E-state index in [1.165, 1.54) is 0 Å². The molecule has 1 aromatic rings. The van der Waals surface area contributed by atoms with Crippen LogP contribution in [0.2, 0.25) is 0 Å². The second-order valence-electron chi connectivity index (χ2n) is 6.21. The molecule has 2 atom stereocenters. The van der Waals surface area contributed by atoms with E-state index in [9.17, 15) is 9.36 Å². The van der Waals surface area contributed by atoms with Gasteiger partial charge in [0.2, 0.25) is 5.52 Å². The van der Waals surface area contributed by atoms with Gasteiger partial charge in [0.15, 0.2) is 7.14 Å². The summed E-state index contributed by atoms with van der Waals surface area (Å²) < 4.78 is 13.4. The first-order valence-corrected chi connectivity index (χ1v) is 9.95. The fraction of sp³-hybridized carbons (Fsp3) is 0.611. The SMILES string of the molecule is CCCCP(=O)(C(=O)c1c(C)cc(C)cc1C)C(C)CC. The zero-order valence-electron chi connectivity index (χ0n) is 14.3. The highest BCUT2D eigenvalue weighted by Crippen LogP contribution is 2.55. The smallest absolute Gasteiger partial charge is 0.222 e. The van der Waals surface area contributed by atoms with Crippen molar-refractivity contribution in [2.45, 2.75) is 66.5 Å². The molecule has 0 aromatic heterocycles. The lowest BCUT2D eigenvalue weighted by molar-refractivity contribution is 0.107. The normalized spacial score (nSPS) is 15.5. The van der Waals surface area contributed by atoms with E-state index in [1.807, 2.05) is 46.8 Å². The third kappa shape index (κ3) is 3.86. The van der Waals surface area contributed by atoms with E-state index in [2.05, 4.69) is 6.92 Å². The van der Waals surface area contributed by atoms with Crippen LogP contribution in [0.1, 0.15) is 67.1 Å². The number of benzene rings is 1. The standard InChI is InChI=1S/C18H29O2P/c1-7-9-10-21(20,16(6)8-2)18(19)17-14(4)11-13(3)12-15(17)5/h11-12,16H,7-10H2,1-6H3. The highest BCUT2D eigenvalue weighted by Gasteiger charge is 2.37. The second-order valence-corrected chi connectivity index (χ2v) is 9.53. The fourth-order valence-corrected chi connectivity index (χ4v) is 6.07. The van der Waals surface area contributed by atoms with E-state index in [0.29, 0.717) is 11.7 Å². The molecule has 0 saturated heterocycles. The minimum Gasteiger partial charge on any atom is -0.315 e. The summed E-state index contributed by atoms with van der Waals surface area (Å²) in [5.74, 6) is 0. The first-order chi connectivity index (χ1) is 9.77. The molecule has 0 aliphatic carbocycles. The lowest BCUT2D eigenvalue weighted by atomic mass is 10.0. The van der Waals surface area contributed by atoms with E-state index in [0.717, 1.165) is 36.0 Å². The molecular weight excluding hydrogens is 279 g/mol. The van der Waals surface area contributed by atoms with Gasteiger partial charge in [-0.1, -0.05) is 44.9 Å². The predicted octanol–water partition coefficient (Wildman–Crippen LogP) is 5.71. The summed E-state index contributed by atoms with van der Waals surface area (Å²) in [6.07, 6.45) is 3.16. The van der Waals surface area contributed by atoms with Crippen molar-refractivity contribution in [1.29, 1.82) is 0 Å². The van der Waals surface area contributed by atoms with Gasteiger partial charge in [0.25, 0.3) is 0 Å². The highest BCUT2D eigenvalue weighted by atomic mass is 31.2. The van der Waals surface area contributed by atoms with Crippen molar-refractivity contribution in [2.75, 3.05) is 6.16 Å². The molecule has 0 amide bonds. The maximum Gasteiger partial charge on any atom is 0.222 e. The van der Waals surface area contributed by atoms with E-state index in [-0.39, 0.29) is 11.2 Å². The number of rotatable bonds is 7. The third-order valence-corrected chi connectivity index (χ3v) is 8.06. The van der Waals surface area contributed by atoms with E-state index >= 15 is 0 Å². The van der Waals surface area contributed by atoms with Gasteiger partial charge in [0, 0.05) is 17.4 Å². The van der Waals surface area contributed by atoms with Crippen LogP contribution in [0.15, 0.2) is 12.1 Å². The average molecular weight is 308 g/mol. The Bertz CT molecular complexity index is 537. The average Bonchev–Trinajstić information content (AvgIpc) is 2.42. The van der Waals surface area contributed by atoms with Crippen LogP contribution in [0.4, 0.5) is 0 Å². The van der Waals surface area contributed by atoms with Crippen LogP contribution in [0.25, 0.3) is 0 Å². The molecule has 0 aliphatic heterocycles. The summed E-state index contributed by atoms with van der Waals surface area (Å²) in [6.45, 7) is 12.0. The summed E-state index contributed by atoms with van der Waals surface area (Å²) >= 11 is 0. The van der Waals surface area contributed by atoms with Crippen LogP contribution in [0.3, 0.4) is 0 Å². The number of carbonyl (C=O) groups is 1. The van der Waals surface area contributed by atoms with Crippen LogP contribution < -0.4 is 0 Å². The minimum atomic E-state index is -2.85. The molecule has 0 heterocycles. The zero-order valence-corrected chi connectivity index (χ0v) is 15.2. The first kappa shape index (κ1) is 18.2. The Labute approximate surface area is 129 Å². The van der Waals surface area contributed by atoms with Crippen molar-refractivity contribution in [3.63, 3.8) is 0 Å². The molecule has 2 unspecified atom stereocenters. The third-order valence-electron chi connectivity index (χ3n) is 4.38. The van der Waals surface area contributed by atoms with Gasteiger partial charge in [-0.25, -0.2) is 0 Å². The summed E-state index contributed by atoms with van der Waals surface area (Å²) in [7, 11) is -2.85.